The normalized spacial score (nSPS) is 10.9. The fraction of sp³-hybridized carbons (Fsp3) is 0.0769. The predicted molar refractivity (Wildman–Crippen MR) is 66.7 cm³/mol. The third kappa shape index (κ3) is 1.48. The zero-order valence-corrected chi connectivity index (χ0v) is 9.71. The number of carboxylic acid groups (broad SMARTS) is 1. The van der Waals surface area contributed by atoms with Crippen molar-refractivity contribution in [3.63, 3.8) is 0 Å². The smallest absolute Gasteiger partial charge is 0.353 e. The Morgan fingerprint density at radius 2 is 2.17 bits per heavy atom. The summed E-state index contributed by atoms with van der Waals surface area (Å²) in [6.07, 6.45) is 0. The second-order valence-corrected chi connectivity index (χ2v) is 4.12. The van der Waals surface area contributed by atoms with Crippen molar-refractivity contribution in [1.29, 1.82) is 0 Å². The van der Waals surface area contributed by atoms with Crippen molar-refractivity contribution < 1.29 is 9.90 Å². The van der Waals surface area contributed by atoms with Crippen LogP contribution in [0, 0.1) is 6.92 Å². The summed E-state index contributed by atoms with van der Waals surface area (Å²) in [6, 6.07) is 11.4. The van der Waals surface area contributed by atoms with Crippen LogP contribution in [-0.2, 0) is 0 Å². The van der Waals surface area contributed by atoms with Crippen LogP contribution in [0.2, 0.25) is 0 Å². The molecule has 2 N–H and O–H groups in total. The van der Waals surface area contributed by atoms with Gasteiger partial charge in [-0.05, 0) is 31.2 Å². The summed E-state index contributed by atoms with van der Waals surface area (Å²) in [5.41, 5.74) is 3.74. The number of aromatic nitrogens is 3. The van der Waals surface area contributed by atoms with E-state index in [-0.39, 0.29) is 5.69 Å². The second kappa shape index (κ2) is 3.73. The third-order valence-corrected chi connectivity index (χ3v) is 2.94. The van der Waals surface area contributed by atoms with E-state index < -0.39 is 5.97 Å². The van der Waals surface area contributed by atoms with Gasteiger partial charge in [-0.1, -0.05) is 6.07 Å². The molecule has 3 rings (SSSR count). The van der Waals surface area contributed by atoms with Gasteiger partial charge < -0.3 is 9.51 Å². The molecular weight excluding hydrogens is 230 g/mol. The first kappa shape index (κ1) is 10.6. The molecule has 3 aromatic heterocycles. The van der Waals surface area contributed by atoms with E-state index in [1.807, 2.05) is 41.7 Å². The van der Waals surface area contributed by atoms with Crippen LogP contribution in [0.15, 0.2) is 36.4 Å². The molecular formula is C13H11N3O2. The molecule has 0 spiro atoms. The van der Waals surface area contributed by atoms with E-state index in [2.05, 4.69) is 10.2 Å². The first-order valence-electron chi connectivity index (χ1n) is 5.53. The second-order valence-electron chi connectivity index (χ2n) is 4.12. The molecule has 3 heterocycles. The van der Waals surface area contributed by atoms with Gasteiger partial charge in [-0.25, -0.2) is 4.79 Å². The minimum absolute atomic E-state index is 0.0912. The molecule has 0 bridgehead atoms. The summed E-state index contributed by atoms with van der Waals surface area (Å²) >= 11 is 0. The Hall–Kier alpha value is -2.56. The number of hydrogen-bond donors (Lipinski definition) is 2. The average Bonchev–Trinajstić information content (AvgIpc) is 2.94. The highest BCUT2D eigenvalue weighted by Crippen LogP contribution is 2.23. The number of aryl methyl sites for hydroxylation is 1. The van der Waals surface area contributed by atoms with Crippen molar-refractivity contribution in [2.45, 2.75) is 6.92 Å². The van der Waals surface area contributed by atoms with Crippen LogP contribution in [-0.4, -0.2) is 25.7 Å². The summed E-state index contributed by atoms with van der Waals surface area (Å²) in [6.45, 7) is 2.00. The van der Waals surface area contributed by atoms with E-state index >= 15 is 0 Å². The Kier molecular flexibility index (Phi) is 2.19. The van der Waals surface area contributed by atoms with Gasteiger partial charge in [0.15, 0.2) is 0 Å². The molecule has 18 heavy (non-hydrogen) atoms. The highest BCUT2D eigenvalue weighted by atomic mass is 16.4. The highest BCUT2D eigenvalue weighted by molar-refractivity contribution is 5.86. The van der Waals surface area contributed by atoms with Crippen LogP contribution in [0.3, 0.4) is 0 Å². The van der Waals surface area contributed by atoms with Gasteiger partial charge in [0.2, 0.25) is 0 Å². The number of fused-ring (bicyclic) bond motifs is 1. The van der Waals surface area contributed by atoms with Gasteiger partial charge in [0.05, 0.1) is 5.69 Å². The van der Waals surface area contributed by atoms with Crippen LogP contribution < -0.4 is 0 Å². The fourth-order valence-corrected chi connectivity index (χ4v) is 2.10. The predicted octanol–water partition coefficient (Wildman–Crippen LogP) is 2.34. The number of carbonyl (C=O) groups is 1. The number of carboxylic acids is 1. The molecule has 0 unspecified atom stereocenters. The molecule has 0 aromatic carbocycles. The molecule has 0 saturated heterocycles. The number of H-pyrrole nitrogens is 1. The zero-order valence-electron chi connectivity index (χ0n) is 9.71. The van der Waals surface area contributed by atoms with Crippen LogP contribution in [0.4, 0.5) is 0 Å². The molecule has 0 saturated carbocycles. The van der Waals surface area contributed by atoms with Gasteiger partial charge >= 0.3 is 5.97 Å². The fourth-order valence-electron chi connectivity index (χ4n) is 2.10. The highest BCUT2D eigenvalue weighted by Gasteiger charge is 2.12. The lowest BCUT2D eigenvalue weighted by Gasteiger charge is -2.03. The van der Waals surface area contributed by atoms with Gasteiger partial charge in [-0.3, -0.25) is 5.10 Å². The van der Waals surface area contributed by atoms with Crippen LogP contribution >= 0.6 is 0 Å². The van der Waals surface area contributed by atoms with Crippen molar-refractivity contribution in [3.8, 4) is 11.4 Å². The summed E-state index contributed by atoms with van der Waals surface area (Å²) in [5.74, 6) is -1.01. The molecule has 0 aliphatic rings. The lowest BCUT2D eigenvalue weighted by atomic mass is 10.3. The lowest BCUT2D eigenvalue weighted by molar-refractivity contribution is 0.0690. The summed E-state index contributed by atoms with van der Waals surface area (Å²) in [4.78, 5) is 10.8. The minimum atomic E-state index is -1.01. The Balaban J connectivity index is 2.22. The number of nitrogens with one attached hydrogen (secondary N) is 1. The SMILES string of the molecule is Cc1cccc2ccc(-c3cc(C(=O)O)[nH]n3)n12. The maximum absolute atomic E-state index is 10.8. The number of nitrogens with zero attached hydrogens (tertiary/aromatic N) is 2. The van der Waals surface area contributed by atoms with Crippen LogP contribution in [0.25, 0.3) is 16.9 Å². The van der Waals surface area contributed by atoms with E-state index in [1.54, 1.807) is 0 Å². The number of aromatic carboxylic acids is 1. The molecule has 0 fully saturated rings. The van der Waals surface area contributed by atoms with Crippen LogP contribution in [0.5, 0.6) is 0 Å². The first-order chi connectivity index (χ1) is 8.66. The largest absolute Gasteiger partial charge is 0.477 e. The molecule has 5 nitrogen and oxygen atoms in total. The van der Waals surface area contributed by atoms with Gasteiger partial charge in [0.1, 0.15) is 11.4 Å². The van der Waals surface area contributed by atoms with Crippen LogP contribution in [0.1, 0.15) is 16.2 Å². The van der Waals surface area contributed by atoms with Crippen molar-refractivity contribution in [2.75, 3.05) is 0 Å². The average molecular weight is 241 g/mol. The molecule has 5 heteroatoms. The monoisotopic (exact) mass is 241 g/mol. The first-order valence-corrected chi connectivity index (χ1v) is 5.53. The standard InChI is InChI=1S/C13H11N3O2/c1-8-3-2-4-9-5-6-12(16(8)9)10-7-11(13(17)18)15-14-10/h2-7H,1H3,(H,14,15)(H,17,18). The molecule has 0 amide bonds. The van der Waals surface area contributed by atoms with Crippen molar-refractivity contribution in [2.24, 2.45) is 0 Å². The van der Waals surface area contributed by atoms with Gasteiger partial charge in [0, 0.05) is 17.3 Å². The zero-order chi connectivity index (χ0) is 12.7. The topological polar surface area (TPSA) is 70.4 Å². The third-order valence-electron chi connectivity index (χ3n) is 2.94. The Bertz CT molecular complexity index is 740. The number of rotatable bonds is 2. The van der Waals surface area contributed by atoms with Gasteiger partial charge in [-0.2, -0.15) is 5.10 Å². The molecule has 0 atom stereocenters. The van der Waals surface area contributed by atoms with Crippen molar-refractivity contribution in [3.05, 3.63) is 47.8 Å². The van der Waals surface area contributed by atoms with Crippen molar-refractivity contribution >= 4 is 11.5 Å². The quantitative estimate of drug-likeness (QED) is 0.723. The molecule has 90 valence electrons. The summed E-state index contributed by atoms with van der Waals surface area (Å²) < 4.78 is 2.04. The number of pyridine rings is 1. The Morgan fingerprint density at radius 1 is 1.33 bits per heavy atom. The van der Waals surface area contributed by atoms with E-state index in [0.717, 1.165) is 16.9 Å². The maximum atomic E-state index is 10.8. The summed E-state index contributed by atoms with van der Waals surface area (Å²) in [5, 5.41) is 15.4. The van der Waals surface area contributed by atoms with Crippen molar-refractivity contribution in [1.82, 2.24) is 14.6 Å². The molecule has 0 radical (unpaired) electrons. The molecule has 0 aliphatic heterocycles. The van der Waals surface area contributed by atoms with E-state index in [4.69, 9.17) is 5.11 Å². The van der Waals surface area contributed by atoms with E-state index in [0.29, 0.717) is 5.69 Å². The lowest BCUT2D eigenvalue weighted by Crippen LogP contribution is -1.95. The summed E-state index contributed by atoms with van der Waals surface area (Å²) in [7, 11) is 0. The molecule has 3 aromatic rings. The Labute approximate surface area is 103 Å². The minimum Gasteiger partial charge on any atom is -0.477 e. The number of hydrogen-bond acceptors (Lipinski definition) is 2. The van der Waals surface area contributed by atoms with E-state index in [1.165, 1.54) is 6.07 Å². The van der Waals surface area contributed by atoms with Gasteiger partial charge in [0.25, 0.3) is 0 Å². The Morgan fingerprint density at radius 3 is 2.89 bits per heavy atom. The van der Waals surface area contributed by atoms with E-state index in [9.17, 15) is 4.79 Å². The number of aromatic amines is 1. The maximum Gasteiger partial charge on any atom is 0.353 e. The molecule has 0 aliphatic carbocycles. The van der Waals surface area contributed by atoms with Gasteiger partial charge in [-0.15, -0.1) is 0 Å².